The highest BCUT2D eigenvalue weighted by Crippen LogP contribution is 2.34. The number of morpholine rings is 1. The van der Waals surface area contributed by atoms with Crippen molar-refractivity contribution in [2.75, 3.05) is 51.0 Å². The molecule has 2 aliphatic heterocycles. The Morgan fingerprint density at radius 1 is 1.00 bits per heavy atom. The smallest absolute Gasteiger partial charge is 0.253 e. The lowest BCUT2D eigenvalue weighted by Crippen LogP contribution is -2.40. The Hall–Kier alpha value is -3.66. The summed E-state index contributed by atoms with van der Waals surface area (Å²) in [6.45, 7) is 13.2. The number of carbonyl (C=O) groups excluding carboxylic acids is 1. The number of carbonyl (C=O) groups is 1. The number of anilines is 1. The molecule has 9 nitrogen and oxygen atoms in total. The van der Waals surface area contributed by atoms with Crippen LogP contribution in [0.1, 0.15) is 52.5 Å². The molecule has 2 aromatic carbocycles. The van der Waals surface area contributed by atoms with Crippen LogP contribution in [0.2, 0.25) is 0 Å². The fourth-order valence-corrected chi connectivity index (χ4v) is 5.88. The molecule has 0 unspecified atom stereocenters. The predicted octanol–water partition coefficient (Wildman–Crippen LogP) is 4.53. The molecule has 0 bridgehead atoms. The fourth-order valence-electron chi connectivity index (χ4n) is 5.88. The lowest BCUT2D eigenvalue weighted by atomic mass is 9.95. The van der Waals surface area contributed by atoms with Crippen LogP contribution in [0.3, 0.4) is 0 Å². The molecule has 2 fully saturated rings. The first-order chi connectivity index (χ1) is 20.3. The van der Waals surface area contributed by atoms with E-state index in [0.29, 0.717) is 30.4 Å². The number of ether oxygens (including phenoxy) is 2. The van der Waals surface area contributed by atoms with Gasteiger partial charge in [-0.2, -0.15) is 0 Å². The van der Waals surface area contributed by atoms with E-state index in [1.54, 1.807) is 0 Å². The van der Waals surface area contributed by atoms with Crippen LogP contribution in [0, 0.1) is 20.8 Å². The standard InChI is InChI=1S/C33H42N4O5/c1-5-37(27-10-14-40-15-11-27)31-20-26(25-6-8-28(9-7-25)42-36-12-16-41-17-13-36)19-29(24(31)4)32(38)34-21-30-22(2)18-23(3)35-33(30)39/h6-9,18-20,27H,5,10-17,21H2,1-4H3,(H,34,38)(H,35,39). The number of rotatable bonds is 9. The van der Waals surface area contributed by atoms with Crippen molar-refractivity contribution in [3.05, 3.63) is 80.8 Å². The summed E-state index contributed by atoms with van der Waals surface area (Å²) in [5.41, 5.74) is 6.57. The Bertz CT molecular complexity index is 1440. The summed E-state index contributed by atoms with van der Waals surface area (Å²) in [7, 11) is 0. The fraction of sp³-hybridized carbons (Fsp3) is 0.455. The highest BCUT2D eigenvalue weighted by Gasteiger charge is 2.25. The van der Waals surface area contributed by atoms with Gasteiger partial charge >= 0.3 is 0 Å². The number of benzene rings is 2. The summed E-state index contributed by atoms with van der Waals surface area (Å²) in [6.07, 6.45) is 1.89. The van der Waals surface area contributed by atoms with Crippen LogP contribution in [0.4, 0.5) is 5.69 Å². The third-order valence-corrected chi connectivity index (χ3v) is 8.22. The van der Waals surface area contributed by atoms with Gasteiger partial charge < -0.3 is 29.5 Å². The van der Waals surface area contributed by atoms with Gasteiger partial charge in [0.2, 0.25) is 0 Å². The minimum absolute atomic E-state index is 0.157. The molecule has 5 rings (SSSR count). The number of hydrogen-bond acceptors (Lipinski definition) is 7. The van der Waals surface area contributed by atoms with E-state index in [1.165, 1.54) is 0 Å². The summed E-state index contributed by atoms with van der Waals surface area (Å²) in [5.74, 6) is 0.562. The first kappa shape index (κ1) is 29.8. The van der Waals surface area contributed by atoms with E-state index in [-0.39, 0.29) is 18.0 Å². The highest BCUT2D eigenvalue weighted by atomic mass is 16.7. The molecule has 224 valence electrons. The minimum atomic E-state index is -0.203. The maximum atomic E-state index is 13.7. The van der Waals surface area contributed by atoms with Crippen LogP contribution in [-0.2, 0) is 16.0 Å². The van der Waals surface area contributed by atoms with E-state index in [0.717, 1.165) is 85.1 Å². The van der Waals surface area contributed by atoms with Crippen LogP contribution in [-0.4, -0.2) is 68.1 Å². The number of hydroxylamine groups is 2. The molecule has 2 saturated heterocycles. The molecule has 2 N–H and O–H groups in total. The van der Waals surface area contributed by atoms with E-state index in [9.17, 15) is 9.59 Å². The zero-order valence-corrected chi connectivity index (χ0v) is 25.1. The second-order valence-electron chi connectivity index (χ2n) is 11.1. The van der Waals surface area contributed by atoms with Crippen LogP contribution in [0.5, 0.6) is 5.75 Å². The van der Waals surface area contributed by atoms with Crippen LogP contribution in [0.15, 0.2) is 47.3 Å². The monoisotopic (exact) mass is 574 g/mol. The molecule has 9 heteroatoms. The van der Waals surface area contributed by atoms with E-state index in [1.807, 2.05) is 62.2 Å². The molecule has 42 heavy (non-hydrogen) atoms. The third-order valence-electron chi connectivity index (χ3n) is 8.22. The lowest BCUT2D eigenvalue weighted by Gasteiger charge is -2.37. The molecule has 0 radical (unpaired) electrons. The number of aryl methyl sites for hydroxylation is 2. The number of aromatic nitrogens is 1. The van der Waals surface area contributed by atoms with Crippen molar-refractivity contribution >= 4 is 11.6 Å². The lowest BCUT2D eigenvalue weighted by molar-refractivity contribution is -0.118. The van der Waals surface area contributed by atoms with Crippen LogP contribution in [0.25, 0.3) is 11.1 Å². The first-order valence-electron chi connectivity index (χ1n) is 14.9. The second-order valence-corrected chi connectivity index (χ2v) is 11.1. The Kier molecular flexibility index (Phi) is 9.62. The van der Waals surface area contributed by atoms with E-state index >= 15 is 0 Å². The molecule has 0 saturated carbocycles. The van der Waals surface area contributed by atoms with Crippen molar-refractivity contribution in [3.63, 3.8) is 0 Å². The number of amides is 1. The molecule has 3 heterocycles. The predicted molar refractivity (Wildman–Crippen MR) is 164 cm³/mol. The number of nitrogens with one attached hydrogen (secondary N) is 2. The van der Waals surface area contributed by atoms with Gasteiger partial charge in [-0.05, 0) is 93.1 Å². The van der Waals surface area contributed by atoms with Crippen molar-refractivity contribution in [2.45, 2.75) is 53.1 Å². The molecule has 2 aliphatic rings. The average Bonchev–Trinajstić information content (AvgIpc) is 2.99. The van der Waals surface area contributed by atoms with Gasteiger partial charge in [0, 0.05) is 54.9 Å². The Morgan fingerprint density at radius 3 is 2.36 bits per heavy atom. The van der Waals surface area contributed by atoms with Crippen LogP contribution >= 0.6 is 0 Å². The molecule has 3 aromatic rings. The summed E-state index contributed by atoms with van der Waals surface area (Å²) < 4.78 is 11.1. The molecular weight excluding hydrogens is 532 g/mol. The van der Waals surface area contributed by atoms with E-state index < -0.39 is 0 Å². The number of hydrogen-bond donors (Lipinski definition) is 2. The van der Waals surface area contributed by atoms with Crippen molar-refractivity contribution in [1.29, 1.82) is 0 Å². The summed E-state index contributed by atoms with van der Waals surface area (Å²) in [4.78, 5) is 37.6. The highest BCUT2D eigenvalue weighted by molar-refractivity contribution is 5.99. The molecule has 0 atom stereocenters. The zero-order valence-electron chi connectivity index (χ0n) is 25.1. The van der Waals surface area contributed by atoms with Gasteiger partial charge in [-0.1, -0.05) is 12.1 Å². The van der Waals surface area contributed by atoms with Gasteiger partial charge in [0.25, 0.3) is 11.5 Å². The largest absolute Gasteiger partial charge is 0.406 e. The first-order valence-corrected chi connectivity index (χ1v) is 14.9. The van der Waals surface area contributed by atoms with Crippen molar-refractivity contribution in [1.82, 2.24) is 15.4 Å². The van der Waals surface area contributed by atoms with E-state index in [2.05, 4.69) is 28.2 Å². The minimum Gasteiger partial charge on any atom is -0.406 e. The number of pyridine rings is 1. The number of aromatic amines is 1. The average molecular weight is 575 g/mol. The normalized spacial score (nSPS) is 16.3. The number of H-pyrrole nitrogens is 1. The molecule has 0 aliphatic carbocycles. The van der Waals surface area contributed by atoms with E-state index in [4.69, 9.17) is 14.3 Å². The van der Waals surface area contributed by atoms with Gasteiger partial charge in [-0.15, -0.1) is 5.06 Å². The molecule has 1 amide bonds. The number of nitrogens with zero attached hydrogens (tertiary/aromatic N) is 2. The molecule has 1 aromatic heterocycles. The van der Waals surface area contributed by atoms with Gasteiger partial charge in [0.1, 0.15) is 5.75 Å². The summed E-state index contributed by atoms with van der Waals surface area (Å²) >= 11 is 0. The van der Waals surface area contributed by atoms with Gasteiger partial charge in [0.15, 0.2) is 0 Å². The maximum Gasteiger partial charge on any atom is 0.253 e. The SMILES string of the molecule is CCN(c1cc(-c2ccc(ON3CCOCC3)cc2)cc(C(=O)NCc2c(C)cc(C)[nH]c2=O)c1C)C1CCOCC1. The zero-order chi connectivity index (χ0) is 29.6. The maximum absolute atomic E-state index is 13.7. The summed E-state index contributed by atoms with van der Waals surface area (Å²) in [6, 6.07) is 14.4. The molecule has 0 spiro atoms. The van der Waals surface area contributed by atoms with Crippen LogP contribution < -0.4 is 20.6 Å². The molecular formula is C33H42N4O5. The topological polar surface area (TPSA) is 96.1 Å². The second kappa shape index (κ2) is 13.5. The Labute approximate surface area is 247 Å². The van der Waals surface area contributed by atoms with Crippen molar-refractivity contribution in [2.24, 2.45) is 0 Å². The van der Waals surface area contributed by atoms with Gasteiger partial charge in [-0.25, -0.2) is 0 Å². The Balaban J connectivity index is 1.46. The van der Waals surface area contributed by atoms with Gasteiger partial charge in [-0.3, -0.25) is 9.59 Å². The third kappa shape index (κ3) is 6.86. The Morgan fingerprint density at radius 2 is 1.69 bits per heavy atom. The summed E-state index contributed by atoms with van der Waals surface area (Å²) in [5, 5.41) is 4.94. The van der Waals surface area contributed by atoms with Crippen molar-refractivity contribution < 1.29 is 19.1 Å². The van der Waals surface area contributed by atoms with Gasteiger partial charge in [0.05, 0.1) is 26.3 Å². The van der Waals surface area contributed by atoms with Crippen molar-refractivity contribution in [3.8, 4) is 16.9 Å². The quantitative estimate of drug-likeness (QED) is 0.388.